The molecule has 2 aromatic carbocycles. The molecule has 0 unspecified atom stereocenters. The van der Waals surface area contributed by atoms with Crippen molar-refractivity contribution in [3.8, 4) is 17.2 Å². The first kappa shape index (κ1) is 21.7. The number of benzene rings is 2. The van der Waals surface area contributed by atoms with Gasteiger partial charge >= 0.3 is 6.61 Å². The SMILES string of the molecule is CCNC(=NCc1cc2c(cc1OC(F)F)OCO2)NCC(=O)N1CCc2ccccc21. The maximum Gasteiger partial charge on any atom is 0.387 e. The summed E-state index contributed by atoms with van der Waals surface area (Å²) in [6.07, 6.45) is 0.826. The fraction of sp³-hybridized carbons (Fsp3) is 0.364. The second-order valence-electron chi connectivity index (χ2n) is 7.16. The van der Waals surface area contributed by atoms with Crippen LogP contribution in [-0.2, 0) is 17.8 Å². The van der Waals surface area contributed by atoms with Crippen molar-refractivity contribution >= 4 is 17.6 Å². The third-order valence-electron chi connectivity index (χ3n) is 5.12. The van der Waals surface area contributed by atoms with Crippen LogP contribution in [0.4, 0.5) is 14.5 Å². The van der Waals surface area contributed by atoms with E-state index in [0.717, 1.165) is 17.7 Å². The summed E-state index contributed by atoms with van der Waals surface area (Å²) in [5, 5.41) is 6.07. The fourth-order valence-corrected chi connectivity index (χ4v) is 3.65. The number of carbonyl (C=O) groups excluding carboxylic acids is 1. The predicted molar refractivity (Wildman–Crippen MR) is 115 cm³/mol. The molecular weight excluding hydrogens is 422 g/mol. The number of nitrogens with one attached hydrogen (secondary N) is 2. The van der Waals surface area contributed by atoms with Crippen LogP contribution >= 0.6 is 0 Å². The molecule has 170 valence electrons. The van der Waals surface area contributed by atoms with Crippen molar-refractivity contribution in [3.05, 3.63) is 47.5 Å². The van der Waals surface area contributed by atoms with Crippen molar-refractivity contribution < 1.29 is 27.8 Å². The Bertz CT molecular complexity index is 1020. The van der Waals surface area contributed by atoms with Crippen molar-refractivity contribution in [3.63, 3.8) is 0 Å². The summed E-state index contributed by atoms with van der Waals surface area (Å²) in [5.74, 6) is 1.06. The van der Waals surface area contributed by atoms with Gasteiger partial charge in [-0.1, -0.05) is 18.2 Å². The zero-order valence-electron chi connectivity index (χ0n) is 17.6. The van der Waals surface area contributed by atoms with Gasteiger partial charge in [0.15, 0.2) is 17.5 Å². The number of carbonyl (C=O) groups is 1. The number of halogens is 2. The van der Waals surface area contributed by atoms with E-state index in [-0.39, 0.29) is 31.5 Å². The topological polar surface area (TPSA) is 84.4 Å². The number of amides is 1. The van der Waals surface area contributed by atoms with Gasteiger partial charge in [0.25, 0.3) is 0 Å². The molecule has 4 rings (SSSR count). The number of anilines is 1. The molecule has 0 spiro atoms. The largest absolute Gasteiger partial charge is 0.454 e. The van der Waals surface area contributed by atoms with Crippen LogP contribution in [0.3, 0.4) is 0 Å². The van der Waals surface area contributed by atoms with E-state index in [1.165, 1.54) is 6.07 Å². The quantitative estimate of drug-likeness (QED) is 0.503. The summed E-state index contributed by atoms with van der Waals surface area (Å²) < 4.78 is 40.8. The maximum absolute atomic E-state index is 12.8. The molecule has 0 saturated carbocycles. The molecule has 0 aliphatic carbocycles. The minimum atomic E-state index is -2.98. The number of aliphatic imine (C=N–C) groups is 1. The first-order valence-electron chi connectivity index (χ1n) is 10.3. The van der Waals surface area contributed by atoms with Gasteiger partial charge in [0, 0.05) is 30.4 Å². The van der Waals surface area contributed by atoms with Crippen LogP contribution in [0.25, 0.3) is 0 Å². The van der Waals surface area contributed by atoms with Crippen LogP contribution in [0, 0.1) is 0 Å². The Labute approximate surface area is 184 Å². The Kier molecular flexibility index (Phi) is 6.58. The third-order valence-corrected chi connectivity index (χ3v) is 5.12. The third kappa shape index (κ3) is 4.84. The summed E-state index contributed by atoms with van der Waals surface area (Å²) in [4.78, 5) is 18.9. The highest BCUT2D eigenvalue weighted by molar-refractivity contribution is 5.98. The van der Waals surface area contributed by atoms with Gasteiger partial charge in [-0.05, 0) is 31.0 Å². The molecule has 2 aromatic rings. The van der Waals surface area contributed by atoms with Gasteiger partial charge in [-0.2, -0.15) is 8.78 Å². The fourth-order valence-electron chi connectivity index (χ4n) is 3.65. The average Bonchev–Trinajstić information content (AvgIpc) is 3.41. The van der Waals surface area contributed by atoms with Gasteiger partial charge in [0.2, 0.25) is 12.7 Å². The van der Waals surface area contributed by atoms with Crippen molar-refractivity contribution in [2.45, 2.75) is 26.5 Å². The van der Waals surface area contributed by atoms with E-state index in [1.807, 2.05) is 31.2 Å². The molecule has 2 aliphatic heterocycles. The number of guanidine groups is 1. The lowest BCUT2D eigenvalue weighted by Crippen LogP contribution is -2.44. The van der Waals surface area contributed by atoms with E-state index >= 15 is 0 Å². The molecule has 0 radical (unpaired) electrons. The number of hydrogen-bond donors (Lipinski definition) is 2. The molecule has 2 N–H and O–H groups in total. The van der Waals surface area contributed by atoms with Crippen LogP contribution in [0.15, 0.2) is 41.4 Å². The smallest absolute Gasteiger partial charge is 0.387 e. The lowest BCUT2D eigenvalue weighted by atomic mass is 10.1. The number of rotatable bonds is 7. The van der Waals surface area contributed by atoms with Gasteiger partial charge in [-0.25, -0.2) is 4.99 Å². The Morgan fingerprint density at radius 2 is 2.00 bits per heavy atom. The summed E-state index contributed by atoms with van der Waals surface area (Å²) in [6, 6.07) is 10.8. The summed E-state index contributed by atoms with van der Waals surface area (Å²) in [5.41, 5.74) is 2.48. The summed E-state index contributed by atoms with van der Waals surface area (Å²) >= 11 is 0. The number of nitrogens with zero attached hydrogens (tertiary/aromatic N) is 2. The molecule has 0 atom stereocenters. The molecule has 2 aliphatic rings. The van der Waals surface area contributed by atoms with Gasteiger partial charge in [0.05, 0.1) is 13.1 Å². The van der Waals surface area contributed by atoms with Gasteiger partial charge in [-0.3, -0.25) is 4.79 Å². The van der Waals surface area contributed by atoms with Gasteiger partial charge in [0.1, 0.15) is 5.75 Å². The van der Waals surface area contributed by atoms with Crippen LogP contribution in [0.1, 0.15) is 18.1 Å². The number of fused-ring (bicyclic) bond motifs is 2. The Balaban J connectivity index is 1.44. The molecule has 0 saturated heterocycles. The number of alkyl halides is 2. The van der Waals surface area contributed by atoms with Crippen molar-refractivity contribution in [2.24, 2.45) is 4.99 Å². The lowest BCUT2D eigenvalue weighted by Gasteiger charge is -2.19. The second kappa shape index (κ2) is 9.71. The maximum atomic E-state index is 12.8. The molecule has 1 amide bonds. The van der Waals surface area contributed by atoms with Crippen molar-refractivity contribution in [1.82, 2.24) is 10.6 Å². The zero-order chi connectivity index (χ0) is 22.5. The minimum Gasteiger partial charge on any atom is -0.454 e. The Morgan fingerprint density at radius 1 is 1.22 bits per heavy atom. The normalized spacial score (nSPS) is 14.5. The predicted octanol–water partition coefficient (Wildman–Crippen LogP) is 2.66. The number of hydrogen-bond acceptors (Lipinski definition) is 5. The molecule has 0 fully saturated rings. The van der Waals surface area contributed by atoms with E-state index < -0.39 is 6.61 Å². The molecule has 8 nitrogen and oxygen atoms in total. The molecular formula is C22H24F2N4O4. The number of para-hydroxylation sites is 1. The highest BCUT2D eigenvalue weighted by Gasteiger charge is 2.24. The van der Waals surface area contributed by atoms with Crippen LogP contribution in [0.5, 0.6) is 17.2 Å². The van der Waals surface area contributed by atoms with Crippen molar-refractivity contribution in [1.29, 1.82) is 0 Å². The summed E-state index contributed by atoms with van der Waals surface area (Å²) in [6.45, 7) is 0.207. The lowest BCUT2D eigenvalue weighted by molar-refractivity contribution is -0.117. The Morgan fingerprint density at radius 3 is 2.78 bits per heavy atom. The van der Waals surface area contributed by atoms with E-state index in [9.17, 15) is 13.6 Å². The minimum absolute atomic E-state index is 0.0160. The number of ether oxygens (including phenoxy) is 3. The van der Waals surface area contributed by atoms with E-state index in [4.69, 9.17) is 9.47 Å². The van der Waals surface area contributed by atoms with Crippen LogP contribution < -0.4 is 29.7 Å². The van der Waals surface area contributed by atoms with E-state index in [1.54, 1.807) is 11.0 Å². The van der Waals surface area contributed by atoms with Crippen molar-refractivity contribution in [2.75, 3.05) is 31.3 Å². The molecule has 0 bridgehead atoms. The van der Waals surface area contributed by atoms with Gasteiger partial charge in [-0.15, -0.1) is 0 Å². The molecule has 32 heavy (non-hydrogen) atoms. The first-order chi connectivity index (χ1) is 15.5. The summed E-state index contributed by atoms with van der Waals surface area (Å²) in [7, 11) is 0. The molecule has 2 heterocycles. The standard InChI is InChI=1S/C22H24F2N4O4/c1-2-25-22(27-12-20(29)28-8-7-14-5-3-4-6-16(14)28)26-11-15-9-18-19(31-13-30-18)10-17(15)32-21(23)24/h3-6,9-10,21H,2,7-8,11-13H2,1H3,(H2,25,26,27). The monoisotopic (exact) mass is 446 g/mol. The van der Waals surface area contributed by atoms with E-state index in [0.29, 0.717) is 36.1 Å². The van der Waals surface area contributed by atoms with Crippen LogP contribution in [0.2, 0.25) is 0 Å². The zero-order valence-corrected chi connectivity index (χ0v) is 17.6. The molecule has 10 heteroatoms. The molecule has 0 aromatic heterocycles. The van der Waals surface area contributed by atoms with Crippen LogP contribution in [-0.4, -0.2) is 44.9 Å². The first-order valence-corrected chi connectivity index (χ1v) is 10.3. The van der Waals surface area contributed by atoms with Gasteiger partial charge < -0.3 is 29.7 Å². The average molecular weight is 446 g/mol. The Hall–Kier alpha value is -3.56. The highest BCUT2D eigenvalue weighted by Crippen LogP contribution is 2.39. The van der Waals surface area contributed by atoms with E-state index in [2.05, 4.69) is 20.4 Å². The highest BCUT2D eigenvalue weighted by atomic mass is 19.3. The second-order valence-corrected chi connectivity index (χ2v) is 7.16.